The molecule has 2 atom stereocenters. The van der Waals surface area contributed by atoms with Crippen LogP contribution in [0.4, 0.5) is 5.69 Å². The van der Waals surface area contributed by atoms with Gasteiger partial charge in [-0.25, -0.2) is 0 Å². The van der Waals surface area contributed by atoms with E-state index in [1.807, 2.05) is 24.3 Å². The van der Waals surface area contributed by atoms with E-state index in [9.17, 15) is 0 Å². The van der Waals surface area contributed by atoms with Gasteiger partial charge in [-0.05, 0) is 74.6 Å². The summed E-state index contributed by atoms with van der Waals surface area (Å²) in [6.07, 6.45) is 7.30. The molecule has 0 spiro atoms. The van der Waals surface area contributed by atoms with Crippen LogP contribution in [0, 0.1) is 12.8 Å². The number of hydrogen-bond acceptors (Lipinski definition) is 4. The molecule has 4 nitrogen and oxygen atoms in total. The number of anilines is 1. The van der Waals surface area contributed by atoms with Crippen LogP contribution in [-0.4, -0.2) is 18.3 Å². The van der Waals surface area contributed by atoms with Gasteiger partial charge in [-0.3, -0.25) is 0 Å². The molecule has 0 bridgehead atoms. The normalized spacial score (nSPS) is 20.7. The summed E-state index contributed by atoms with van der Waals surface area (Å²) in [4.78, 5) is 0. The van der Waals surface area contributed by atoms with Crippen molar-refractivity contribution in [3.05, 3.63) is 94.0 Å². The molecule has 2 unspecified atom stereocenters. The summed E-state index contributed by atoms with van der Waals surface area (Å²) in [5.41, 5.74) is 5.09. The van der Waals surface area contributed by atoms with E-state index in [0.29, 0.717) is 11.6 Å². The topological polar surface area (TPSA) is 39.7 Å². The summed E-state index contributed by atoms with van der Waals surface area (Å²) in [5, 5.41) is 4.31. The monoisotopic (exact) mass is 547 g/mol. The van der Waals surface area contributed by atoms with Crippen LogP contribution in [0.25, 0.3) is 0 Å². The van der Waals surface area contributed by atoms with E-state index in [-0.39, 0.29) is 12.2 Å². The van der Waals surface area contributed by atoms with Gasteiger partial charge in [0, 0.05) is 29.4 Å². The van der Waals surface area contributed by atoms with Crippen molar-refractivity contribution in [1.82, 2.24) is 0 Å². The Labute approximate surface area is 239 Å². The maximum absolute atomic E-state index is 6.74. The quantitative estimate of drug-likeness (QED) is 0.275. The van der Waals surface area contributed by atoms with Crippen molar-refractivity contribution in [2.24, 2.45) is 5.92 Å². The van der Waals surface area contributed by atoms with Gasteiger partial charge in [-0.1, -0.05) is 85.7 Å². The molecule has 0 radical (unpaired) electrons. The first-order valence-electron chi connectivity index (χ1n) is 14.5. The molecule has 5 heteroatoms. The zero-order chi connectivity index (χ0) is 27.2. The van der Waals surface area contributed by atoms with E-state index in [0.717, 1.165) is 48.1 Å². The van der Waals surface area contributed by atoms with Crippen LogP contribution in [-0.2, 0) is 22.6 Å². The molecule has 1 N–H and O–H groups in total. The van der Waals surface area contributed by atoms with Gasteiger partial charge in [0.2, 0.25) is 0 Å². The number of ether oxygens (including phenoxy) is 3. The summed E-state index contributed by atoms with van der Waals surface area (Å²) in [6, 6.07) is 22.8. The minimum atomic E-state index is -0.558. The largest absolute Gasteiger partial charge is 0.485 e. The SMILES string of the molecule is Cc1ccc(CNc2ccc3c(c2)C(OCCC2CCCCC2)C(OCc2cccc(Cl)c2)C(C)(C)O3)cc1. The van der Waals surface area contributed by atoms with Crippen molar-refractivity contribution in [3.8, 4) is 5.75 Å². The van der Waals surface area contributed by atoms with E-state index >= 15 is 0 Å². The Morgan fingerprint density at radius 3 is 2.49 bits per heavy atom. The Balaban J connectivity index is 1.36. The van der Waals surface area contributed by atoms with Crippen molar-refractivity contribution < 1.29 is 14.2 Å². The highest BCUT2D eigenvalue weighted by Gasteiger charge is 2.45. The highest BCUT2D eigenvalue weighted by Crippen LogP contribution is 2.45. The van der Waals surface area contributed by atoms with Gasteiger partial charge in [-0.2, -0.15) is 0 Å². The van der Waals surface area contributed by atoms with E-state index in [4.69, 9.17) is 25.8 Å². The Bertz CT molecular complexity index is 1220. The number of fused-ring (bicyclic) bond motifs is 1. The van der Waals surface area contributed by atoms with E-state index in [2.05, 4.69) is 68.6 Å². The number of aryl methyl sites for hydroxylation is 1. The first kappa shape index (κ1) is 28.0. The average Bonchev–Trinajstić information content (AvgIpc) is 2.92. The van der Waals surface area contributed by atoms with E-state index in [1.54, 1.807) is 0 Å². The molecular weight excluding hydrogens is 506 g/mol. The number of hydrogen-bond donors (Lipinski definition) is 1. The molecule has 39 heavy (non-hydrogen) atoms. The van der Waals surface area contributed by atoms with Gasteiger partial charge in [-0.15, -0.1) is 0 Å². The third-order valence-electron chi connectivity index (χ3n) is 8.13. The summed E-state index contributed by atoms with van der Waals surface area (Å²) in [5.74, 6) is 1.63. The molecule has 1 fully saturated rings. The Hall–Kier alpha value is -2.53. The van der Waals surface area contributed by atoms with E-state index < -0.39 is 5.60 Å². The van der Waals surface area contributed by atoms with Gasteiger partial charge in [0.05, 0.1) is 6.61 Å². The van der Waals surface area contributed by atoms with Crippen LogP contribution in [0.1, 0.15) is 80.7 Å². The number of nitrogens with one attached hydrogen (secondary N) is 1. The van der Waals surface area contributed by atoms with Crippen molar-refractivity contribution in [1.29, 1.82) is 0 Å². The maximum atomic E-state index is 6.74. The van der Waals surface area contributed by atoms with Crippen LogP contribution >= 0.6 is 11.6 Å². The molecule has 2 aliphatic rings. The second-order valence-corrected chi connectivity index (χ2v) is 12.2. The average molecular weight is 548 g/mol. The maximum Gasteiger partial charge on any atom is 0.132 e. The molecule has 1 aliphatic carbocycles. The lowest BCUT2D eigenvalue weighted by atomic mass is 9.86. The number of halogens is 1. The fraction of sp³-hybridized carbons (Fsp3) is 0.471. The fourth-order valence-electron chi connectivity index (χ4n) is 5.87. The second-order valence-electron chi connectivity index (χ2n) is 11.7. The van der Waals surface area contributed by atoms with Crippen LogP contribution in [0.2, 0.25) is 5.02 Å². The predicted octanol–water partition coefficient (Wildman–Crippen LogP) is 9.05. The summed E-state index contributed by atoms with van der Waals surface area (Å²) >= 11 is 6.25. The third kappa shape index (κ3) is 7.36. The zero-order valence-corrected chi connectivity index (χ0v) is 24.3. The van der Waals surface area contributed by atoms with Crippen LogP contribution in [0.15, 0.2) is 66.7 Å². The fourth-order valence-corrected chi connectivity index (χ4v) is 6.08. The predicted molar refractivity (Wildman–Crippen MR) is 160 cm³/mol. The molecule has 3 aromatic rings. The lowest BCUT2D eigenvalue weighted by molar-refractivity contribution is -0.168. The molecule has 0 aromatic heterocycles. The smallest absolute Gasteiger partial charge is 0.132 e. The minimum Gasteiger partial charge on any atom is -0.485 e. The third-order valence-corrected chi connectivity index (χ3v) is 8.37. The van der Waals surface area contributed by atoms with Gasteiger partial charge < -0.3 is 19.5 Å². The summed E-state index contributed by atoms with van der Waals surface area (Å²) < 4.78 is 19.9. The Kier molecular flexibility index (Phi) is 9.17. The first-order chi connectivity index (χ1) is 18.9. The molecule has 0 saturated heterocycles. The Morgan fingerprint density at radius 2 is 1.72 bits per heavy atom. The lowest BCUT2D eigenvalue weighted by Gasteiger charge is -2.44. The van der Waals surface area contributed by atoms with Gasteiger partial charge in [0.25, 0.3) is 0 Å². The van der Waals surface area contributed by atoms with Crippen molar-refractivity contribution in [2.45, 2.75) is 90.3 Å². The minimum absolute atomic E-state index is 0.229. The number of benzene rings is 3. The van der Waals surface area contributed by atoms with Gasteiger partial charge >= 0.3 is 0 Å². The zero-order valence-electron chi connectivity index (χ0n) is 23.5. The summed E-state index contributed by atoms with van der Waals surface area (Å²) in [7, 11) is 0. The molecular formula is C34H42ClNO3. The molecule has 5 rings (SSSR count). The van der Waals surface area contributed by atoms with Crippen molar-refractivity contribution in [2.75, 3.05) is 11.9 Å². The van der Waals surface area contributed by atoms with Gasteiger partial charge in [0.1, 0.15) is 23.6 Å². The van der Waals surface area contributed by atoms with Gasteiger partial charge in [0.15, 0.2) is 0 Å². The first-order valence-corrected chi connectivity index (χ1v) is 14.9. The molecule has 0 amide bonds. The van der Waals surface area contributed by atoms with E-state index in [1.165, 1.54) is 43.2 Å². The highest BCUT2D eigenvalue weighted by molar-refractivity contribution is 6.30. The summed E-state index contributed by atoms with van der Waals surface area (Å²) in [6.45, 7) is 8.23. The molecule has 1 heterocycles. The Morgan fingerprint density at radius 1 is 0.923 bits per heavy atom. The van der Waals surface area contributed by atoms with Crippen LogP contribution < -0.4 is 10.1 Å². The number of rotatable bonds is 10. The van der Waals surface area contributed by atoms with Crippen molar-refractivity contribution >= 4 is 17.3 Å². The molecule has 1 aliphatic heterocycles. The molecule has 3 aromatic carbocycles. The molecule has 208 valence electrons. The molecule has 1 saturated carbocycles. The van der Waals surface area contributed by atoms with Crippen LogP contribution in [0.3, 0.4) is 0 Å². The van der Waals surface area contributed by atoms with Crippen LogP contribution in [0.5, 0.6) is 5.75 Å². The highest BCUT2D eigenvalue weighted by atomic mass is 35.5. The second kappa shape index (κ2) is 12.8. The van der Waals surface area contributed by atoms with Crippen molar-refractivity contribution in [3.63, 3.8) is 0 Å². The lowest BCUT2D eigenvalue weighted by Crippen LogP contribution is -2.51. The standard InChI is InChI=1S/C34H42ClNO3/c1-24-12-14-26(15-13-24)22-36-29-16-17-31-30(21-29)32(37-19-18-25-8-5-4-6-9-25)33(34(2,3)39-31)38-23-27-10-7-11-28(35)20-27/h7,10-17,20-21,25,32-33,36H,4-6,8-9,18-19,22-23H2,1-3H3.